The summed E-state index contributed by atoms with van der Waals surface area (Å²) in [5.41, 5.74) is 6.10. The maximum absolute atomic E-state index is 6.10. The molecular weight excluding hydrogens is 278 g/mol. The number of hydrogen-bond donors (Lipinski definition) is 1. The van der Waals surface area contributed by atoms with Gasteiger partial charge in [0.25, 0.3) is 0 Å². The van der Waals surface area contributed by atoms with E-state index < -0.39 is 0 Å². The van der Waals surface area contributed by atoms with E-state index in [1.54, 1.807) is 0 Å². The van der Waals surface area contributed by atoms with Gasteiger partial charge in [0.1, 0.15) is 0 Å². The zero-order valence-electron chi connectivity index (χ0n) is 16.3. The van der Waals surface area contributed by atoms with E-state index in [1.165, 1.54) is 109 Å². The third-order valence-corrected chi connectivity index (χ3v) is 4.77. The molecule has 0 aliphatic heterocycles. The van der Waals surface area contributed by atoms with Gasteiger partial charge in [-0.3, -0.25) is 0 Å². The smallest absolute Gasteiger partial charge is 0.00388 e. The molecule has 1 heteroatoms. The van der Waals surface area contributed by atoms with Crippen LogP contribution in [0.5, 0.6) is 0 Å². The highest BCUT2D eigenvalue weighted by atomic mass is 14.6. The Balaban J connectivity index is 3.13. The van der Waals surface area contributed by atoms with Gasteiger partial charge in [0.15, 0.2) is 0 Å². The molecule has 0 aliphatic carbocycles. The predicted octanol–water partition coefficient (Wildman–Crippen LogP) is 7.54. The molecule has 0 spiro atoms. The molecule has 0 bridgehead atoms. The maximum atomic E-state index is 6.10. The first-order valence-corrected chi connectivity index (χ1v) is 10.7. The summed E-state index contributed by atoms with van der Waals surface area (Å²) in [5.74, 6) is 0. The average Bonchev–Trinajstić information content (AvgIpc) is 2.56. The molecule has 0 saturated carbocycles. The molecule has 0 aromatic rings. The van der Waals surface area contributed by atoms with E-state index in [9.17, 15) is 0 Å². The number of allylic oxidation sites excluding steroid dienone is 2. The van der Waals surface area contributed by atoms with Crippen molar-refractivity contribution in [2.75, 3.05) is 0 Å². The quantitative estimate of drug-likeness (QED) is 0.204. The standard InChI is InChI=1S/C22H45N/c1-3-5-7-8-9-10-11-12-13-14-15-16-17-18-19-21-22(23)20-6-4-2/h12-13,22H,3-11,14-21,23H2,1-2H3/b13-12-. The van der Waals surface area contributed by atoms with Crippen LogP contribution in [-0.2, 0) is 0 Å². The van der Waals surface area contributed by atoms with Crippen molar-refractivity contribution in [1.82, 2.24) is 0 Å². The van der Waals surface area contributed by atoms with Gasteiger partial charge in [-0.25, -0.2) is 0 Å². The van der Waals surface area contributed by atoms with Crippen molar-refractivity contribution in [3.05, 3.63) is 12.2 Å². The normalized spacial score (nSPS) is 13.0. The molecule has 0 radical (unpaired) electrons. The fourth-order valence-electron chi connectivity index (χ4n) is 3.09. The Labute approximate surface area is 147 Å². The van der Waals surface area contributed by atoms with Crippen LogP contribution in [-0.4, -0.2) is 6.04 Å². The number of nitrogens with two attached hydrogens (primary N) is 1. The van der Waals surface area contributed by atoms with Gasteiger partial charge in [-0.05, 0) is 38.5 Å². The Morgan fingerprint density at radius 3 is 1.57 bits per heavy atom. The molecule has 0 heterocycles. The van der Waals surface area contributed by atoms with Crippen molar-refractivity contribution in [1.29, 1.82) is 0 Å². The molecule has 0 rings (SSSR count). The van der Waals surface area contributed by atoms with E-state index in [2.05, 4.69) is 26.0 Å². The summed E-state index contributed by atoms with van der Waals surface area (Å²) in [7, 11) is 0. The first-order valence-electron chi connectivity index (χ1n) is 10.7. The van der Waals surface area contributed by atoms with Gasteiger partial charge in [0.2, 0.25) is 0 Å². The van der Waals surface area contributed by atoms with E-state index in [0.717, 1.165) is 0 Å². The Bertz CT molecular complexity index is 234. The van der Waals surface area contributed by atoms with E-state index in [4.69, 9.17) is 5.73 Å². The van der Waals surface area contributed by atoms with Crippen molar-refractivity contribution in [2.45, 2.75) is 129 Å². The number of hydrogen-bond acceptors (Lipinski definition) is 1. The van der Waals surface area contributed by atoms with Gasteiger partial charge < -0.3 is 5.73 Å². The summed E-state index contributed by atoms with van der Waals surface area (Å²) >= 11 is 0. The van der Waals surface area contributed by atoms with Crippen LogP contribution in [0.1, 0.15) is 123 Å². The van der Waals surface area contributed by atoms with Gasteiger partial charge in [0, 0.05) is 6.04 Å². The number of rotatable bonds is 18. The van der Waals surface area contributed by atoms with Crippen LogP contribution in [0.25, 0.3) is 0 Å². The van der Waals surface area contributed by atoms with Crippen LogP contribution in [0.4, 0.5) is 0 Å². The average molecular weight is 324 g/mol. The fourth-order valence-corrected chi connectivity index (χ4v) is 3.09. The Kier molecular flexibility index (Phi) is 19.5. The van der Waals surface area contributed by atoms with Crippen LogP contribution in [0.2, 0.25) is 0 Å². The lowest BCUT2D eigenvalue weighted by Crippen LogP contribution is -2.19. The second-order valence-corrected chi connectivity index (χ2v) is 7.28. The minimum absolute atomic E-state index is 0.458. The van der Waals surface area contributed by atoms with Crippen LogP contribution < -0.4 is 5.73 Å². The molecule has 0 aromatic carbocycles. The maximum Gasteiger partial charge on any atom is 0.00388 e. The second kappa shape index (κ2) is 19.7. The summed E-state index contributed by atoms with van der Waals surface area (Å²) in [5, 5.41) is 0. The Hall–Kier alpha value is -0.300. The molecule has 1 nitrogen and oxygen atoms in total. The van der Waals surface area contributed by atoms with E-state index in [-0.39, 0.29) is 0 Å². The largest absolute Gasteiger partial charge is 0.328 e. The third-order valence-electron chi connectivity index (χ3n) is 4.77. The lowest BCUT2D eigenvalue weighted by atomic mass is 10.0. The van der Waals surface area contributed by atoms with E-state index in [1.807, 2.05) is 0 Å². The summed E-state index contributed by atoms with van der Waals surface area (Å²) in [6.07, 6.45) is 27.7. The molecule has 23 heavy (non-hydrogen) atoms. The lowest BCUT2D eigenvalue weighted by Gasteiger charge is -2.10. The van der Waals surface area contributed by atoms with Crippen LogP contribution in [0.15, 0.2) is 12.2 Å². The third kappa shape index (κ3) is 19.7. The summed E-state index contributed by atoms with van der Waals surface area (Å²) in [6, 6.07) is 0.458. The monoisotopic (exact) mass is 323 g/mol. The Morgan fingerprint density at radius 1 is 0.565 bits per heavy atom. The summed E-state index contributed by atoms with van der Waals surface area (Å²) in [4.78, 5) is 0. The van der Waals surface area contributed by atoms with E-state index in [0.29, 0.717) is 6.04 Å². The van der Waals surface area contributed by atoms with Gasteiger partial charge in [0.05, 0.1) is 0 Å². The predicted molar refractivity (Wildman–Crippen MR) is 107 cm³/mol. The minimum Gasteiger partial charge on any atom is -0.328 e. The highest BCUT2D eigenvalue weighted by Crippen LogP contribution is 2.11. The minimum atomic E-state index is 0.458. The van der Waals surface area contributed by atoms with Gasteiger partial charge >= 0.3 is 0 Å². The first kappa shape index (κ1) is 22.7. The molecule has 0 aliphatic rings. The first-order chi connectivity index (χ1) is 11.3. The molecule has 2 N–H and O–H groups in total. The van der Waals surface area contributed by atoms with Gasteiger partial charge in [-0.2, -0.15) is 0 Å². The van der Waals surface area contributed by atoms with Crippen LogP contribution >= 0.6 is 0 Å². The Morgan fingerprint density at radius 2 is 1.00 bits per heavy atom. The van der Waals surface area contributed by atoms with Gasteiger partial charge in [-0.1, -0.05) is 96.6 Å². The zero-order chi connectivity index (χ0) is 17.0. The highest BCUT2D eigenvalue weighted by molar-refractivity contribution is 4.81. The zero-order valence-corrected chi connectivity index (χ0v) is 16.3. The molecule has 0 saturated heterocycles. The molecule has 1 atom stereocenters. The second-order valence-electron chi connectivity index (χ2n) is 7.28. The fraction of sp³-hybridized carbons (Fsp3) is 0.909. The lowest BCUT2D eigenvalue weighted by molar-refractivity contribution is 0.499. The van der Waals surface area contributed by atoms with Crippen LogP contribution in [0, 0.1) is 0 Å². The van der Waals surface area contributed by atoms with E-state index >= 15 is 0 Å². The molecule has 0 amide bonds. The summed E-state index contributed by atoms with van der Waals surface area (Å²) in [6.45, 7) is 4.53. The van der Waals surface area contributed by atoms with Crippen molar-refractivity contribution in [3.63, 3.8) is 0 Å². The van der Waals surface area contributed by atoms with Crippen molar-refractivity contribution < 1.29 is 0 Å². The van der Waals surface area contributed by atoms with Gasteiger partial charge in [-0.15, -0.1) is 0 Å². The van der Waals surface area contributed by atoms with Crippen molar-refractivity contribution in [2.24, 2.45) is 5.73 Å². The molecule has 1 unspecified atom stereocenters. The van der Waals surface area contributed by atoms with Crippen LogP contribution in [0.3, 0.4) is 0 Å². The number of unbranched alkanes of at least 4 members (excludes halogenated alkanes) is 12. The summed E-state index contributed by atoms with van der Waals surface area (Å²) < 4.78 is 0. The molecular formula is C22H45N. The topological polar surface area (TPSA) is 26.0 Å². The molecule has 0 aromatic heterocycles. The van der Waals surface area contributed by atoms with Crippen molar-refractivity contribution in [3.8, 4) is 0 Å². The highest BCUT2D eigenvalue weighted by Gasteiger charge is 2.00. The van der Waals surface area contributed by atoms with Crippen molar-refractivity contribution >= 4 is 0 Å². The SMILES string of the molecule is CCCCCCCC/C=C\CCCCCCCC(N)CCCC. The molecule has 138 valence electrons. The molecule has 0 fully saturated rings.